The number of nitrogens with one attached hydrogen (secondary N) is 1. The first-order valence-corrected chi connectivity index (χ1v) is 9.67. The molecule has 0 atom stereocenters. The van der Waals surface area contributed by atoms with E-state index < -0.39 is 0 Å². The van der Waals surface area contributed by atoms with Crippen LogP contribution in [0.5, 0.6) is 0 Å². The summed E-state index contributed by atoms with van der Waals surface area (Å²) in [7, 11) is 0. The largest absolute Gasteiger partial charge is 0.343 e. The van der Waals surface area contributed by atoms with Gasteiger partial charge in [-0.15, -0.1) is 0 Å². The van der Waals surface area contributed by atoms with Gasteiger partial charge in [-0.2, -0.15) is 0 Å². The van der Waals surface area contributed by atoms with Crippen LogP contribution in [0.15, 0.2) is 49.1 Å². The van der Waals surface area contributed by atoms with Crippen molar-refractivity contribution in [3.63, 3.8) is 0 Å². The Morgan fingerprint density at radius 2 is 1.75 bits per heavy atom. The SMILES string of the molecule is Fc1ccc(-c2ncn(C3CCCCC3)c2-c2ccnc3[nH]cc(F)c23)cc1. The fourth-order valence-electron chi connectivity index (χ4n) is 4.30. The zero-order valence-corrected chi connectivity index (χ0v) is 15.3. The Bertz CT molecular complexity index is 1120. The molecule has 1 fully saturated rings. The Balaban J connectivity index is 1.76. The Labute approximate surface area is 161 Å². The fourth-order valence-corrected chi connectivity index (χ4v) is 4.30. The van der Waals surface area contributed by atoms with Gasteiger partial charge in [-0.1, -0.05) is 19.3 Å². The van der Waals surface area contributed by atoms with E-state index in [2.05, 4.69) is 19.5 Å². The van der Waals surface area contributed by atoms with E-state index in [-0.39, 0.29) is 11.6 Å². The molecule has 0 bridgehead atoms. The highest BCUT2D eigenvalue weighted by Crippen LogP contribution is 2.40. The van der Waals surface area contributed by atoms with Crippen molar-refractivity contribution in [3.8, 4) is 22.5 Å². The molecule has 142 valence electrons. The Morgan fingerprint density at radius 3 is 2.54 bits per heavy atom. The van der Waals surface area contributed by atoms with Crippen molar-refractivity contribution in [2.75, 3.05) is 0 Å². The molecule has 0 radical (unpaired) electrons. The monoisotopic (exact) mass is 378 g/mol. The van der Waals surface area contributed by atoms with Gasteiger partial charge < -0.3 is 9.55 Å². The lowest BCUT2D eigenvalue weighted by atomic mass is 9.94. The van der Waals surface area contributed by atoms with Crippen LogP contribution in [0.25, 0.3) is 33.5 Å². The molecule has 5 rings (SSSR count). The molecule has 0 saturated heterocycles. The number of benzene rings is 1. The molecular formula is C22H20F2N4. The molecule has 3 heterocycles. The molecule has 0 spiro atoms. The van der Waals surface area contributed by atoms with Crippen LogP contribution < -0.4 is 0 Å². The van der Waals surface area contributed by atoms with E-state index in [0.29, 0.717) is 17.1 Å². The summed E-state index contributed by atoms with van der Waals surface area (Å²) in [4.78, 5) is 11.8. The predicted octanol–water partition coefficient (Wildman–Crippen LogP) is 5.88. The summed E-state index contributed by atoms with van der Waals surface area (Å²) < 4.78 is 30.2. The van der Waals surface area contributed by atoms with E-state index in [4.69, 9.17) is 0 Å². The van der Waals surface area contributed by atoms with E-state index in [1.807, 2.05) is 12.4 Å². The number of aromatic nitrogens is 4. The number of aromatic amines is 1. The van der Waals surface area contributed by atoms with E-state index in [1.165, 1.54) is 37.6 Å². The number of pyridine rings is 1. The minimum atomic E-state index is -0.334. The number of hydrogen-bond acceptors (Lipinski definition) is 2. The summed E-state index contributed by atoms with van der Waals surface area (Å²) >= 11 is 0. The average molecular weight is 378 g/mol. The average Bonchev–Trinajstić information content (AvgIpc) is 3.34. The number of H-pyrrole nitrogens is 1. The highest BCUT2D eigenvalue weighted by atomic mass is 19.1. The number of imidazole rings is 1. The van der Waals surface area contributed by atoms with Crippen LogP contribution in [-0.2, 0) is 0 Å². The lowest BCUT2D eigenvalue weighted by Gasteiger charge is -2.25. The van der Waals surface area contributed by atoms with Gasteiger partial charge in [-0.3, -0.25) is 0 Å². The molecule has 1 aliphatic carbocycles. The van der Waals surface area contributed by atoms with Crippen molar-refractivity contribution in [3.05, 3.63) is 60.7 Å². The van der Waals surface area contributed by atoms with Crippen LogP contribution in [0.4, 0.5) is 8.78 Å². The second kappa shape index (κ2) is 6.86. The van der Waals surface area contributed by atoms with Crippen LogP contribution in [0, 0.1) is 11.6 Å². The molecule has 28 heavy (non-hydrogen) atoms. The third kappa shape index (κ3) is 2.80. The molecule has 3 aromatic heterocycles. The molecule has 6 heteroatoms. The smallest absolute Gasteiger partial charge is 0.150 e. The van der Waals surface area contributed by atoms with Crippen molar-refractivity contribution in [1.82, 2.24) is 19.5 Å². The second-order valence-corrected chi connectivity index (χ2v) is 7.37. The van der Waals surface area contributed by atoms with E-state index in [0.717, 1.165) is 35.4 Å². The highest BCUT2D eigenvalue weighted by molar-refractivity contribution is 5.96. The molecule has 4 aromatic rings. The van der Waals surface area contributed by atoms with Crippen LogP contribution in [0.3, 0.4) is 0 Å². The summed E-state index contributed by atoms with van der Waals surface area (Å²) in [5, 5.41) is 0.462. The van der Waals surface area contributed by atoms with E-state index in [1.54, 1.807) is 18.3 Å². The molecule has 1 aliphatic rings. The van der Waals surface area contributed by atoms with Crippen molar-refractivity contribution in [1.29, 1.82) is 0 Å². The van der Waals surface area contributed by atoms with Crippen molar-refractivity contribution in [2.24, 2.45) is 0 Å². The molecule has 0 aliphatic heterocycles. The first-order chi connectivity index (χ1) is 13.7. The molecular weight excluding hydrogens is 358 g/mol. The summed E-state index contributed by atoms with van der Waals surface area (Å²) in [5.74, 6) is -0.625. The predicted molar refractivity (Wildman–Crippen MR) is 105 cm³/mol. The zero-order chi connectivity index (χ0) is 19.1. The van der Waals surface area contributed by atoms with Gasteiger partial charge in [0.1, 0.15) is 11.5 Å². The molecule has 1 N–H and O–H groups in total. The van der Waals surface area contributed by atoms with Gasteiger partial charge in [0.25, 0.3) is 0 Å². The molecule has 1 aromatic carbocycles. The van der Waals surface area contributed by atoms with Gasteiger partial charge in [0.15, 0.2) is 5.82 Å². The molecule has 1 saturated carbocycles. The van der Waals surface area contributed by atoms with Crippen LogP contribution in [0.1, 0.15) is 38.1 Å². The Hall–Kier alpha value is -3.02. The van der Waals surface area contributed by atoms with Gasteiger partial charge in [0.2, 0.25) is 0 Å². The van der Waals surface area contributed by atoms with Crippen LogP contribution >= 0.6 is 0 Å². The van der Waals surface area contributed by atoms with Gasteiger partial charge >= 0.3 is 0 Å². The van der Waals surface area contributed by atoms with Crippen molar-refractivity contribution >= 4 is 11.0 Å². The maximum atomic E-state index is 14.6. The number of halogens is 2. The summed E-state index contributed by atoms with van der Waals surface area (Å²) in [6.07, 6.45) is 10.6. The van der Waals surface area contributed by atoms with Crippen molar-refractivity contribution < 1.29 is 8.78 Å². The van der Waals surface area contributed by atoms with Crippen LogP contribution in [0.2, 0.25) is 0 Å². The van der Waals surface area contributed by atoms with Gasteiger partial charge in [0, 0.05) is 29.6 Å². The fraction of sp³-hybridized carbons (Fsp3) is 0.273. The zero-order valence-electron chi connectivity index (χ0n) is 15.3. The highest BCUT2D eigenvalue weighted by Gasteiger charge is 2.24. The molecule has 4 nitrogen and oxygen atoms in total. The van der Waals surface area contributed by atoms with Gasteiger partial charge in [-0.05, 0) is 43.2 Å². The van der Waals surface area contributed by atoms with Gasteiger partial charge in [0.05, 0.1) is 23.1 Å². The third-order valence-corrected chi connectivity index (χ3v) is 5.66. The summed E-state index contributed by atoms with van der Waals surface area (Å²) in [6, 6.07) is 8.46. The second-order valence-electron chi connectivity index (χ2n) is 7.37. The van der Waals surface area contributed by atoms with Gasteiger partial charge in [-0.25, -0.2) is 18.7 Å². The lowest BCUT2D eigenvalue weighted by molar-refractivity contribution is 0.355. The number of hydrogen-bond donors (Lipinski definition) is 1. The standard InChI is InChI=1S/C22H20F2N4/c23-15-8-6-14(7-9-15)20-21(28(13-27-20)16-4-2-1-3-5-16)17-10-11-25-22-19(17)18(24)12-26-22/h6-13,16H,1-5H2,(H,25,26). The van der Waals surface area contributed by atoms with Crippen molar-refractivity contribution in [2.45, 2.75) is 38.1 Å². The quantitative estimate of drug-likeness (QED) is 0.484. The summed E-state index contributed by atoms with van der Waals surface area (Å²) in [5.41, 5.74) is 3.68. The Kier molecular flexibility index (Phi) is 4.19. The molecule has 0 unspecified atom stereocenters. The normalized spacial score (nSPS) is 15.4. The minimum absolute atomic E-state index is 0.292. The maximum absolute atomic E-state index is 14.6. The lowest BCUT2D eigenvalue weighted by Crippen LogP contribution is -2.13. The maximum Gasteiger partial charge on any atom is 0.150 e. The first kappa shape index (κ1) is 17.1. The van der Waals surface area contributed by atoms with Crippen LogP contribution in [-0.4, -0.2) is 19.5 Å². The number of nitrogens with zero attached hydrogens (tertiary/aromatic N) is 3. The topological polar surface area (TPSA) is 46.5 Å². The molecule has 0 amide bonds. The first-order valence-electron chi connectivity index (χ1n) is 9.67. The summed E-state index contributed by atoms with van der Waals surface area (Å²) in [6.45, 7) is 0. The number of fused-ring (bicyclic) bond motifs is 1. The Morgan fingerprint density at radius 1 is 0.964 bits per heavy atom. The minimum Gasteiger partial charge on any atom is -0.343 e. The van der Waals surface area contributed by atoms with E-state index in [9.17, 15) is 8.78 Å². The van der Waals surface area contributed by atoms with E-state index >= 15 is 0 Å². The number of rotatable bonds is 3. The third-order valence-electron chi connectivity index (χ3n) is 5.66.